The van der Waals surface area contributed by atoms with Crippen molar-refractivity contribution in [2.24, 2.45) is 0 Å². The van der Waals surface area contributed by atoms with E-state index < -0.39 is 10.0 Å². The SMILES string of the molecule is CCN(CC)C(=O)COc1ccc(S(=O)(=O)NCCc2ccc(OC)c(OC)c2)cc1. The van der Waals surface area contributed by atoms with E-state index in [4.69, 9.17) is 14.2 Å². The summed E-state index contributed by atoms with van der Waals surface area (Å²) in [6.45, 7) is 5.18. The molecule has 0 aromatic heterocycles. The van der Waals surface area contributed by atoms with Gasteiger partial charge in [-0.25, -0.2) is 13.1 Å². The Morgan fingerprint density at radius 1 is 0.968 bits per heavy atom. The fourth-order valence-electron chi connectivity index (χ4n) is 2.98. The zero-order valence-corrected chi connectivity index (χ0v) is 19.2. The summed E-state index contributed by atoms with van der Waals surface area (Å²) >= 11 is 0. The first-order valence-corrected chi connectivity index (χ1v) is 11.5. The van der Waals surface area contributed by atoms with E-state index in [9.17, 15) is 13.2 Å². The van der Waals surface area contributed by atoms with Gasteiger partial charge in [0.2, 0.25) is 10.0 Å². The van der Waals surface area contributed by atoms with Crippen LogP contribution in [0.1, 0.15) is 19.4 Å². The molecule has 0 fully saturated rings. The first-order chi connectivity index (χ1) is 14.8. The van der Waals surface area contributed by atoms with Crippen molar-refractivity contribution in [2.75, 3.05) is 40.5 Å². The van der Waals surface area contributed by atoms with Gasteiger partial charge in [0.1, 0.15) is 5.75 Å². The quantitative estimate of drug-likeness (QED) is 0.534. The molecule has 0 unspecified atom stereocenters. The van der Waals surface area contributed by atoms with Crippen LogP contribution in [0.2, 0.25) is 0 Å². The fourth-order valence-corrected chi connectivity index (χ4v) is 4.01. The highest BCUT2D eigenvalue weighted by Crippen LogP contribution is 2.27. The number of nitrogens with one attached hydrogen (secondary N) is 1. The monoisotopic (exact) mass is 450 g/mol. The molecule has 1 amide bonds. The Morgan fingerprint density at radius 2 is 1.61 bits per heavy atom. The van der Waals surface area contributed by atoms with Crippen LogP contribution in [0.3, 0.4) is 0 Å². The molecule has 1 N–H and O–H groups in total. The zero-order chi connectivity index (χ0) is 22.9. The molecule has 0 atom stereocenters. The summed E-state index contributed by atoms with van der Waals surface area (Å²) in [5.74, 6) is 1.54. The largest absolute Gasteiger partial charge is 0.493 e. The van der Waals surface area contributed by atoms with Crippen LogP contribution in [0.25, 0.3) is 0 Å². The van der Waals surface area contributed by atoms with Crippen molar-refractivity contribution in [2.45, 2.75) is 25.2 Å². The lowest BCUT2D eigenvalue weighted by Crippen LogP contribution is -2.34. The Morgan fingerprint density at radius 3 is 2.19 bits per heavy atom. The lowest BCUT2D eigenvalue weighted by molar-refractivity contribution is -0.132. The lowest BCUT2D eigenvalue weighted by atomic mass is 10.1. The number of ether oxygens (including phenoxy) is 3. The molecule has 0 radical (unpaired) electrons. The van der Waals surface area contributed by atoms with E-state index in [0.29, 0.717) is 36.8 Å². The second-order valence-corrected chi connectivity index (χ2v) is 8.43. The van der Waals surface area contributed by atoms with E-state index in [1.807, 2.05) is 26.0 Å². The maximum Gasteiger partial charge on any atom is 0.260 e. The molecule has 2 aromatic rings. The molecule has 0 heterocycles. The van der Waals surface area contributed by atoms with E-state index in [2.05, 4.69) is 4.72 Å². The molecule has 9 heteroatoms. The normalized spacial score (nSPS) is 11.1. The predicted molar refractivity (Wildman–Crippen MR) is 118 cm³/mol. The van der Waals surface area contributed by atoms with Gasteiger partial charge in [-0.15, -0.1) is 0 Å². The van der Waals surface area contributed by atoms with Gasteiger partial charge in [0.05, 0.1) is 19.1 Å². The van der Waals surface area contributed by atoms with Crippen LogP contribution in [0.5, 0.6) is 17.2 Å². The molecule has 2 rings (SSSR count). The number of amides is 1. The molecule has 0 bridgehead atoms. The molecular formula is C22H30N2O6S. The van der Waals surface area contributed by atoms with E-state index in [-0.39, 0.29) is 24.0 Å². The smallest absolute Gasteiger partial charge is 0.260 e. The number of benzene rings is 2. The summed E-state index contributed by atoms with van der Waals surface area (Å²) in [6, 6.07) is 11.5. The highest BCUT2D eigenvalue weighted by molar-refractivity contribution is 7.89. The van der Waals surface area contributed by atoms with Gasteiger partial charge in [-0.05, 0) is 62.2 Å². The lowest BCUT2D eigenvalue weighted by Gasteiger charge is -2.18. The van der Waals surface area contributed by atoms with E-state index in [0.717, 1.165) is 5.56 Å². The maximum absolute atomic E-state index is 12.5. The Hall–Kier alpha value is -2.78. The Bertz CT molecular complexity index is 956. The topological polar surface area (TPSA) is 94.2 Å². The van der Waals surface area contributed by atoms with E-state index in [1.54, 1.807) is 37.3 Å². The van der Waals surface area contributed by atoms with Crippen LogP contribution in [0.4, 0.5) is 0 Å². The molecule has 170 valence electrons. The average Bonchev–Trinajstić information content (AvgIpc) is 2.78. The molecular weight excluding hydrogens is 420 g/mol. The molecule has 0 aliphatic rings. The number of likely N-dealkylation sites (N-methyl/N-ethyl adjacent to an activating group) is 1. The van der Waals surface area contributed by atoms with Crippen LogP contribution in [-0.4, -0.2) is 59.7 Å². The first kappa shape index (κ1) is 24.5. The fraction of sp³-hybridized carbons (Fsp3) is 0.409. The van der Waals surface area contributed by atoms with Crippen molar-refractivity contribution in [1.82, 2.24) is 9.62 Å². The number of methoxy groups -OCH3 is 2. The van der Waals surface area contributed by atoms with Gasteiger partial charge in [0, 0.05) is 19.6 Å². The van der Waals surface area contributed by atoms with Gasteiger partial charge in [0.25, 0.3) is 5.91 Å². The zero-order valence-electron chi connectivity index (χ0n) is 18.4. The van der Waals surface area contributed by atoms with Gasteiger partial charge in [-0.1, -0.05) is 6.07 Å². The van der Waals surface area contributed by atoms with Gasteiger partial charge in [-0.3, -0.25) is 4.79 Å². The molecule has 0 saturated carbocycles. The van der Waals surface area contributed by atoms with Crippen molar-refractivity contribution >= 4 is 15.9 Å². The van der Waals surface area contributed by atoms with Gasteiger partial charge < -0.3 is 19.1 Å². The van der Waals surface area contributed by atoms with Crippen molar-refractivity contribution in [3.63, 3.8) is 0 Å². The maximum atomic E-state index is 12.5. The van der Waals surface area contributed by atoms with Crippen LogP contribution in [0, 0.1) is 0 Å². The van der Waals surface area contributed by atoms with Crippen LogP contribution >= 0.6 is 0 Å². The Balaban J connectivity index is 1.91. The summed E-state index contributed by atoms with van der Waals surface area (Å²) in [6.07, 6.45) is 0.494. The number of hydrogen-bond acceptors (Lipinski definition) is 6. The van der Waals surface area contributed by atoms with Crippen molar-refractivity contribution < 1.29 is 27.4 Å². The number of nitrogens with zero attached hydrogens (tertiary/aromatic N) is 1. The average molecular weight is 451 g/mol. The summed E-state index contributed by atoms with van der Waals surface area (Å²) in [5.41, 5.74) is 0.918. The summed E-state index contributed by atoms with van der Waals surface area (Å²) in [4.78, 5) is 13.8. The minimum atomic E-state index is -3.66. The standard InChI is InChI=1S/C22H30N2O6S/c1-5-24(6-2)22(25)16-30-18-8-10-19(11-9-18)31(26,27)23-14-13-17-7-12-20(28-3)21(15-17)29-4/h7-12,15,23H,5-6,13-14,16H2,1-4H3. The molecule has 0 spiro atoms. The number of sulfonamides is 1. The van der Waals surface area contributed by atoms with Crippen LogP contribution in [0.15, 0.2) is 47.4 Å². The predicted octanol–water partition coefficient (Wildman–Crippen LogP) is 2.47. The third-order valence-corrected chi connectivity index (χ3v) is 6.24. The molecule has 0 aliphatic heterocycles. The Kier molecular flexibility index (Phi) is 9.14. The van der Waals surface area contributed by atoms with Crippen molar-refractivity contribution in [3.8, 4) is 17.2 Å². The second-order valence-electron chi connectivity index (χ2n) is 6.66. The highest BCUT2D eigenvalue weighted by atomic mass is 32.2. The molecule has 2 aromatic carbocycles. The van der Waals surface area contributed by atoms with Crippen molar-refractivity contribution in [1.29, 1.82) is 0 Å². The third kappa shape index (κ3) is 6.86. The summed E-state index contributed by atoms with van der Waals surface area (Å²) < 4.78 is 43.6. The molecule has 0 aliphatic carbocycles. The number of carbonyl (C=O) groups is 1. The molecule has 8 nitrogen and oxygen atoms in total. The van der Waals surface area contributed by atoms with Gasteiger partial charge in [0.15, 0.2) is 18.1 Å². The van der Waals surface area contributed by atoms with Crippen LogP contribution in [-0.2, 0) is 21.2 Å². The Labute approximate surface area is 184 Å². The second kappa shape index (κ2) is 11.6. The van der Waals surface area contributed by atoms with Crippen molar-refractivity contribution in [3.05, 3.63) is 48.0 Å². The highest BCUT2D eigenvalue weighted by Gasteiger charge is 2.15. The molecule has 31 heavy (non-hydrogen) atoms. The van der Waals surface area contributed by atoms with E-state index >= 15 is 0 Å². The van der Waals surface area contributed by atoms with Crippen LogP contribution < -0.4 is 18.9 Å². The van der Waals surface area contributed by atoms with E-state index in [1.165, 1.54) is 12.1 Å². The minimum Gasteiger partial charge on any atom is -0.493 e. The van der Waals surface area contributed by atoms with Gasteiger partial charge in [-0.2, -0.15) is 0 Å². The number of rotatable bonds is 12. The first-order valence-electron chi connectivity index (χ1n) is 10.1. The summed E-state index contributed by atoms with van der Waals surface area (Å²) in [7, 11) is -0.552. The number of carbonyl (C=O) groups excluding carboxylic acids is 1. The number of hydrogen-bond donors (Lipinski definition) is 1. The third-order valence-electron chi connectivity index (χ3n) is 4.77. The minimum absolute atomic E-state index is 0.0860. The summed E-state index contributed by atoms with van der Waals surface area (Å²) in [5, 5.41) is 0. The van der Waals surface area contributed by atoms with Gasteiger partial charge >= 0.3 is 0 Å². The molecule has 0 saturated heterocycles.